The van der Waals surface area contributed by atoms with Gasteiger partial charge in [-0.15, -0.1) is 0 Å². The van der Waals surface area contributed by atoms with Crippen molar-refractivity contribution in [1.82, 2.24) is 0 Å². The molecule has 0 radical (unpaired) electrons. The highest BCUT2D eigenvalue weighted by Crippen LogP contribution is 1.92. The zero-order chi connectivity index (χ0) is 7.98. The Bertz CT molecular complexity index is 121. The molecule has 0 heterocycles. The van der Waals surface area contributed by atoms with Crippen LogP contribution in [0.4, 0.5) is 0 Å². The number of hydrogen-bond donors (Lipinski definition) is 1. The Labute approximate surface area is 59.1 Å². The predicted molar refractivity (Wildman–Crippen MR) is 33.9 cm³/mol. The Morgan fingerprint density at radius 2 is 2.50 bits per heavy atom. The van der Waals surface area contributed by atoms with Gasteiger partial charge in [0.05, 0.1) is 0 Å². The van der Waals surface area contributed by atoms with E-state index in [0.29, 0.717) is 0 Å². The van der Waals surface area contributed by atoms with Gasteiger partial charge in [0.1, 0.15) is 6.79 Å². The van der Waals surface area contributed by atoms with Crippen LogP contribution in [0.1, 0.15) is 6.92 Å². The van der Waals surface area contributed by atoms with Gasteiger partial charge in [0.15, 0.2) is 0 Å². The summed E-state index contributed by atoms with van der Waals surface area (Å²) in [5.74, 6) is -0.569. The first-order valence-electron chi connectivity index (χ1n) is 2.76. The van der Waals surface area contributed by atoms with E-state index >= 15 is 0 Å². The molecule has 1 atom stereocenters. The summed E-state index contributed by atoms with van der Waals surface area (Å²) in [5.41, 5.74) is 0. The van der Waals surface area contributed by atoms with Crippen molar-refractivity contribution in [2.24, 2.45) is 0 Å². The Hall–Kier alpha value is -0.870. The van der Waals surface area contributed by atoms with Gasteiger partial charge in [0.2, 0.25) is 6.29 Å². The molecule has 1 N–H and O–H groups in total. The standard InChI is InChI=1S/C6H10O4/c1-3-6(8)10-5(2)9-4-7/h3,5,7H,1,4H2,2H3. The fourth-order valence-corrected chi connectivity index (χ4v) is 0.351. The molecule has 0 aromatic rings. The van der Waals surface area contributed by atoms with Gasteiger partial charge in [-0.25, -0.2) is 4.79 Å². The second kappa shape index (κ2) is 4.96. The number of aliphatic hydroxyl groups excluding tert-OH is 1. The van der Waals surface area contributed by atoms with Gasteiger partial charge in [-0.05, 0) is 6.92 Å². The lowest BCUT2D eigenvalue weighted by Crippen LogP contribution is -2.16. The molecule has 0 rings (SSSR count). The first kappa shape index (κ1) is 9.13. The lowest BCUT2D eigenvalue weighted by atomic mass is 10.6. The molecule has 0 amide bonds. The fraction of sp³-hybridized carbons (Fsp3) is 0.500. The molecule has 0 aliphatic carbocycles. The minimum atomic E-state index is -0.726. The van der Waals surface area contributed by atoms with E-state index in [1.807, 2.05) is 0 Å². The number of carbonyl (C=O) groups excluding carboxylic acids is 1. The Morgan fingerprint density at radius 3 is 2.90 bits per heavy atom. The van der Waals surface area contributed by atoms with E-state index in [-0.39, 0.29) is 0 Å². The molecular weight excluding hydrogens is 136 g/mol. The van der Waals surface area contributed by atoms with Crippen molar-refractivity contribution in [1.29, 1.82) is 0 Å². The monoisotopic (exact) mass is 146 g/mol. The van der Waals surface area contributed by atoms with Gasteiger partial charge in [0, 0.05) is 6.08 Å². The highest BCUT2D eigenvalue weighted by atomic mass is 16.7. The molecule has 0 saturated carbocycles. The van der Waals surface area contributed by atoms with Gasteiger partial charge in [-0.1, -0.05) is 6.58 Å². The van der Waals surface area contributed by atoms with E-state index < -0.39 is 19.1 Å². The van der Waals surface area contributed by atoms with Crippen LogP contribution in [0.2, 0.25) is 0 Å². The summed E-state index contributed by atoms with van der Waals surface area (Å²) in [6, 6.07) is 0. The van der Waals surface area contributed by atoms with E-state index in [9.17, 15) is 4.79 Å². The van der Waals surface area contributed by atoms with Gasteiger partial charge in [-0.2, -0.15) is 0 Å². The molecule has 0 aliphatic heterocycles. The maximum atomic E-state index is 10.4. The lowest BCUT2D eigenvalue weighted by molar-refractivity contribution is -0.184. The minimum Gasteiger partial charge on any atom is -0.433 e. The van der Waals surface area contributed by atoms with Gasteiger partial charge < -0.3 is 14.6 Å². The molecule has 1 unspecified atom stereocenters. The largest absolute Gasteiger partial charge is 0.433 e. The van der Waals surface area contributed by atoms with Crippen LogP contribution in [0.5, 0.6) is 0 Å². The summed E-state index contributed by atoms with van der Waals surface area (Å²) in [5, 5.41) is 8.18. The third-order valence-corrected chi connectivity index (χ3v) is 0.758. The SMILES string of the molecule is C=CC(=O)OC(C)OCO. The topological polar surface area (TPSA) is 55.8 Å². The van der Waals surface area contributed by atoms with Crippen LogP contribution in [-0.2, 0) is 14.3 Å². The van der Waals surface area contributed by atoms with Gasteiger partial charge >= 0.3 is 5.97 Å². The number of esters is 1. The smallest absolute Gasteiger partial charge is 0.332 e. The summed E-state index contributed by atoms with van der Waals surface area (Å²) in [7, 11) is 0. The predicted octanol–water partition coefficient (Wildman–Crippen LogP) is 0.0280. The summed E-state index contributed by atoms with van der Waals surface area (Å²) >= 11 is 0. The first-order valence-corrected chi connectivity index (χ1v) is 2.76. The maximum absolute atomic E-state index is 10.4. The number of aliphatic hydroxyl groups is 1. The summed E-state index contributed by atoms with van der Waals surface area (Å²) in [6.45, 7) is 4.21. The van der Waals surface area contributed by atoms with Crippen LogP contribution in [0.15, 0.2) is 12.7 Å². The van der Waals surface area contributed by atoms with E-state index in [0.717, 1.165) is 6.08 Å². The van der Waals surface area contributed by atoms with Crippen LogP contribution in [0.3, 0.4) is 0 Å². The molecule has 10 heavy (non-hydrogen) atoms. The molecule has 58 valence electrons. The summed E-state index contributed by atoms with van der Waals surface area (Å²) < 4.78 is 8.98. The van der Waals surface area contributed by atoms with Crippen LogP contribution < -0.4 is 0 Å². The maximum Gasteiger partial charge on any atom is 0.332 e. The zero-order valence-corrected chi connectivity index (χ0v) is 5.74. The Kier molecular flexibility index (Phi) is 4.53. The second-order valence-corrected chi connectivity index (χ2v) is 1.50. The van der Waals surface area contributed by atoms with Gasteiger partial charge in [-0.3, -0.25) is 0 Å². The number of carbonyl (C=O) groups is 1. The minimum absolute atomic E-state index is 0.467. The first-order chi connectivity index (χ1) is 4.70. The molecule has 4 nitrogen and oxygen atoms in total. The van der Waals surface area contributed by atoms with Crippen molar-refractivity contribution in [3.63, 3.8) is 0 Å². The van der Waals surface area contributed by atoms with E-state index in [1.165, 1.54) is 6.92 Å². The van der Waals surface area contributed by atoms with Gasteiger partial charge in [0.25, 0.3) is 0 Å². The average Bonchev–Trinajstić information content (AvgIpc) is 1.88. The molecule has 0 aliphatic rings. The molecular formula is C6H10O4. The molecule has 4 heteroatoms. The number of ether oxygens (including phenoxy) is 2. The second-order valence-electron chi connectivity index (χ2n) is 1.50. The molecule has 0 saturated heterocycles. The van der Waals surface area contributed by atoms with Crippen molar-refractivity contribution in [3.05, 3.63) is 12.7 Å². The fourth-order valence-electron chi connectivity index (χ4n) is 0.351. The molecule has 0 spiro atoms. The van der Waals surface area contributed by atoms with E-state index in [4.69, 9.17) is 5.11 Å². The van der Waals surface area contributed by atoms with Crippen LogP contribution in [0.25, 0.3) is 0 Å². The zero-order valence-electron chi connectivity index (χ0n) is 5.74. The average molecular weight is 146 g/mol. The molecule has 0 aromatic carbocycles. The Morgan fingerprint density at radius 1 is 1.90 bits per heavy atom. The summed E-state index contributed by atoms with van der Waals surface area (Å²) in [4.78, 5) is 10.4. The van der Waals surface area contributed by atoms with E-state index in [2.05, 4.69) is 16.1 Å². The summed E-state index contributed by atoms with van der Waals surface area (Å²) in [6.07, 6.45) is 0.299. The highest BCUT2D eigenvalue weighted by molar-refractivity contribution is 5.81. The Balaban J connectivity index is 3.46. The lowest BCUT2D eigenvalue weighted by Gasteiger charge is -2.09. The molecule has 0 fully saturated rings. The molecule has 0 aromatic heterocycles. The number of rotatable bonds is 4. The van der Waals surface area contributed by atoms with Crippen molar-refractivity contribution < 1.29 is 19.4 Å². The normalized spacial score (nSPS) is 12.2. The van der Waals surface area contributed by atoms with E-state index in [1.54, 1.807) is 0 Å². The van der Waals surface area contributed by atoms with Crippen molar-refractivity contribution in [2.45, 2.75) is 13.2 Å². The third-order valence-electron chi connectivity index (χ3n) is 0.758. The molecule has 0 bridgehead atoms. The van der Waals surface area contributed by atoms with Crippen LogP contribution in [-0.4, -0.2) is 24.2 Å². The van der Waals surface area contributed by atoms with Crippen LogP contribution in [0, 0.1) is 0 Å². The van der Waals surface area contributed by atoms with Crippen LogP contribution >= 0.6 is 0 Å². The number of hydrogen-bond acceptors (Lipinski definition) is 4. The highest BCUT2D eigenvalue weighted by Gasteiger charge is 2.03. The van der Waals surface area contributed by atoms with Crippen molar-refractivity contribution in [3.8, 4) is 0 Å². The third kappa shape index (κ3) is 4.05. The quantitative estimate of drug-likeness (QED) is 0.345. The van der Waals surface area contributed by atoms with Crippen molar-refractivity contribution >= 4 is 5.97 Å². The van der Waals surface area contributed by atoms with Crippen molar-refractivity contribution in [2.75, 3.05) is 6.79 Å².